The van der Waals surface area contributed by atoms with Gasteiger partial charge in [0.2, 0.25) is 0 Å². The summed E-state index contributed by atoms with van der Waals surface area (Å²) in [5.41, 5.74) is -1.45. The summed E-state index contributed by atoms with van der Waals surface area (Å²) in [4.78, 5) is 0. The van der Waals surface area contributed by atoms with E-state index in [1.807, 2.05) is 0 Å². The van der Waals surface area contributed by atoms with E-state index in [0.717, 1.165) is 6.07 Å². The number of rotatable bonds is 1. The fourth-order valence-electron chi connectivity index (χ4n) is 1.69. The summed E-state index contributed by atoms with van der Waals surface area (Å²) in [7, 11) is -1.04. The Morgan fingerprint density at radius 2 is 1.28 bits per heavy atom. The van der Waals surface area contributed by atoms with Crippen LogP contribution < -0.4 is 5.46 Å². The van der Waals surface area contributed by atoms with Gasteiger partial charge in [0, 0.05) is 11.5 Å². The Morgan fingerprint density at radius 1 is 0.833 bits per heavy atom. The standard InChI is InChI=1S/C12H14BF3O2/c1-11(2)12(3,4)18-13(17-11)7-5-9(15)10(16)6-8(7)14/h5-6H,1-4H3. The molecule has 0 amide bonds. The van der Waals surface area contributed by atoms with Gasteiger partial charge in [-0.3, -0.25) is 0 Å². The van der Waals surface area contributed by atoms with Gasteiger partial charge in [0.1, 0.15) is 5.82 Å². The van der Waals surface area contributed by atoms with E-state index >= 15 is 0 Å². The lowest BCUT2D eigenvalue weighted by Gasteiger charge is -2.32. The van der Waals surface area contributed by atoms with Gasteiger partial charge in [0.25, 0.3) is 0 Å². The second kappa shape index (κ2) is 4.00. The zero-order valence-electron chi connectivity index (χ0n) is 10.7. The van der Waals surface area contributed by atoms with Crippen LogP contribution in [-0.4, -0.2) is 18.3 Å². The fourth-order valence-corrected chi connectivity index (χ4v) is 1.69. The Morgan fingerprint density at radius 3 is 1.78 bits per heavy atom. The summed E-state index contributed by atoms with van der Waals surface area (Å²) < 4.78 is 50.8. The van der Waals surface area contributed by atoms with Crippen molar-refractivity contribution in [3.63, 3.8) is 0 Å². The Hall–Kier alpha value is -1.01. The van der Waals surface area contributed by atoms with Crippen LogP contribution in [0, 0.1) is 17.5 Å². The predicted octanol–water partition coefficient (Wildman–Crippen LogP) is 2.40. The van der Waals surface area contributed by atoms with Crippen molar-refractivity contribution in [1.29, 1.82) is 0 Å². The van der Waals surface area contributed by atoms with Crippen molar-refractivity contribution in [3.8, 4) is 0 Å². The maximum atomic E-state index is 13.6. The lowest BCUT2D eigenvalue weighted by atomic mass is 9.78. The quantitative estimate of drug-likeness (QED) is 0.568. The van der Waals surface area contributed by atoms with E-state index in [2.05, 4.69) is 0 Å². The monoisotopic (exact) mass is 258 g/mol. The van der Waals surface area contributed by atoms with E-state index in [0.29, 0.717) is 6.07 Å². The SMILES string of the molecule is CC1(C)OB(c2cc(F)c(F)cc2F)OC1(C)C. The summed E-state index contributed by atoms with van der Waals surface area (Å²) in [6.07, 6.45) is 0. The van der Waals surface area contributed by atoms with Gasteiger partial charge in [0.05, 0.1) is 11.2 Å². The molecule has 0 aromatic heterocycles. The average Bonchev–Trinajstić information content (AvgIpc) is 2.42. The van der Waals surface area contributed by atoms with Gasteiger partial charge < -0.3 is 9.31 Å². The molecule has 0 radical (unpaired) electrons. The molecular weight excluding hydrogens is 244 g/mol. The molecule has 0 saturated carbocycles. The highest BCUT2D eigenvalue weighted by atomic mass is 19.2. The molecule has 0 spiro atoms. The van der Waals surface area contributed by atoms with E-state index < -0.39 is 35.8 Å². The second-order valence-corrected chi connectivity index (χ2v) is 5.38. The molecule has 1 aliphatic rings. The van der Waals surface area contributed by atoms with Crippen molar-refractivity contribution in [2.24, 2.45) is 0 Å². The highest BCUT2D eigenvalue weighted by molar-refractivity contribution is 6.62. The van der Waals surface area contributed by atoms with Crippen molar-refractivity contribution in [2.75, 3.05) is 0 Å². The highest BCUT2D eigenvalue weighted by Gasteiger charge is 2.52. The van der Waals surface area contributed by atoms with Crippen molar-refractivity contribution in [2.45, 2.75) is 38.9 Å². The molecule has 6 heteroatoms. The minimum Gasteiger partial charge on any atom is -0.399 e. The molecule has 0 bridgehead atoms. The van der Waals surface area contributed by atoms with Crippen LogP contribution >= 0.6 is 0 Å². The summed E-state index contributed by atoms with van der Waals surface area (Å²) >= 11 is 0. The lowest BCUT2D eigenvalue weighted by molar-refractivity contribution is 0.00578. The molecule has 1 heterocycles. The van der Waals surface area contributed by atoms with Crippen molar-refractivity contribution < 1.29 is 22.5 Å². The first kappa shape index (κ1) is 13.4. The lowest BCUT2D eigenvalue weighted by Crippen LogP contribution is -2.41. The van der Waals surface area contributed by atoms with Crippen LogP contribution in [0.1, 0.15) is 27.7 Å². The van der Waals surface area contributed by atoms with Crippen molar-refractivity contribution in [3.05, 3.63) is 29.6 Å². The van der Waals surface area contributed by atoms with Gasteiger partial charge in [-0.2, -0.15) is 0 Å². The third-order valence-electron chi connectivity index (χ3n) is 3.55. The Labute approximate surface area is 104 Å². The minimum atomic E-state index is -1.23. The summed E-state index contributed by atoms with van der Waals surface area (Å²) in [5.74, 6) is -3.23. The average molecular weight is 258 g/mol. The third-order valence-corrected chi connectivity index (χ3v) is 3.55. The van der Waals surface area contributed by atoms with Crippen molar-refractivity contribution >= 4 is 12.6 Å². The Bertz CT molecular complexity index is 472. The summed E-state index contributed by atoms with van der Waals surface area (Å²) in [6.45, 7) is 7.19. The molecule has 2 nitrogen and oxygen atoms in total. The van der Waals surface area contributed by atoms with Gasteiger partial charge in [-0.15, -0.1) is 0 Å². The molecule has 0 atom stereocenters. The molecule has 0 N–H and O–H groups in total. The first-order valence-electron chi connectivity index (χ1n) is 5.64. The first-order valence-corrected chi connectivity index (χ1v) is 5.64. The normalized spacial score (nSPS) is 21.4. The van der Waals surface area contributed by atoms with Gasteiger partial charge in [-0.05, 0) is 33.8 Å². The van der Waals surface area contributed by atoms with Gasteiger partial charge >= 0.3 is 7.12 Å². The van der Waals surface area contributed by atoms with Crippen LogP contribution in [0.2, 0.25) is 0 Å². The molecule has 1 saturated heterocycles. The smallest absolute Gasteiger partial charge is 0.399 e. The van der Waals surface area contributed by atoms with E-state index in [-0.39, 0.29) is 5.46 Å². The maximum Gasteiger partial charge on any atom is 0.497 e. The molecule has 1 aromatic carbocycles. The summed E-state index contributed by atoms with van der Waals surface area (Å²) in [5, 5.41) is 0. The zero-order valence-corrected chi connectivity index (χ0v) is 10.7. The molecule has 0 aliphatic carbocycles. The van der Waals surface area contributed by atoms with E-state index in [9.17, 15) is 13.2 Å². The van der Waals surface area contributed by atoms with Crippen LogP contribution in [0.15, 0.2) is 12.1 Å². The summed E-state index contributed by atoms with van der Waals surface area (Å²) in [6, 6.07) is 1.27. The highest BCUT2D eigenvalue weighted by Crippen LogP contribution is 2.36. The molecule has 98 valence electrons. The van der Waals surface area contributed by atoms with Gasteiger partial charge in [-0.1, -0.05) is 0 Å². The molecule has 1 aromatic rings. The van der Waals surface area contributed by atoms with Crippen LogP contribution in [0.25, 0.3) is 0 Å². The number of hydrogen-bond acceptors (Lipinski definition) is 2. The van der Waals surface area contributed by atoms with E-state index in [4.69, 9.17) is 9.31 Å². The number of hydrogen-bond donors (Lipinski definition) is 0. The topological polar surface area (TPSA) is 18.5 Å². The van der Waals surface area contributed by atoms with Gasteiger partial charge in [0.15, 0.2) is 11.6 Å². The number of halogens is 3. The molecule has 0 unspecified atom stereocenters. The molecule has 2 rings (SSSR count). The van der Waals surface area contributed by atoms with Crippen LogP contribution in [0.5, 0.6) is 0 Å². The van der Waals surface area contributed by atoms with Gasteiger partial charge in [-0.25, -0.2) is 13.2 Å². The molecule has 18 heavy (non-hydrogen) atoms. The van der Waals surface area contributed by atoms with E-state index in [1.165, 1.54) is 0 Å². The fraction of sp³-hybridized carbons (Fsp3) is 0.500. The molecular formula is C12H14BF3O2. The first-order chi connectivity index (χ1) is 8.14. The molecule has 1 fully saturated rings. The number of benzene rings is 1. The van der Waals surface area contributed by atoms with Crippen LogP contribution in [0.4, 0.5) is 13.2 Å². The molecule has 1 aliphatic heterocycles. The predicted molar refractivity (Wildman–Crippen MR) is 62.0 cm³/mol. The third kappa shape index (κ3) is 2.03. The minimum absolute atomic E-state index is 0.132. The zero-order chi connectivity index (χ0) is 13.7. The largest absolute Gasteiger partial charge is 0.497 e. The van der Waals surface area contributed by atoms with Crippen molar-refractivity contribution in [1.82, 2.24) is 0 Å². The second-order valence-electron chi connectivity index (χ2n) is 5.38. The maximum absolute atomic E-state index is 13.6. The Balaban J connectivity index is 2.38. The van der Waals surface area contributed by atoms with Crippen LogP contribution in [0.3, 0.4) is 0 Å². The Kier molecular flexibility index (Phi) is 2.98. The van der Waals surface area contributed by atoms with Crippen LogP contribution in [-0.2, 0) is 9.31 Å². The van der Waals surface area contributed by atoms with E-state index in [1.54, 1.807) is 27.7 Å².